The number of likely N-dealkylation sites (tertiary alicyclic amines) is 1. The number of para-hydroxylation sites is 1. The first-order valence-electron chi connectivity index (χ1n) is 8.75. The Morgan fingerprint density at radius 2 is 1.68 bits per heavy atom. The maximum atomic E-state index is 12.2. The molecule has 28 heavy (non-hydrogen) atoms. The van der Waals surface area contributed by atoms with E-state index in [1.54, 1.807) is 24.3 Å². The van der Waals surface area contributed by atoms with E-state index < -0.39 is 29.9 Å². The standard InChI is InChI=1S/C20H20N2O6/c23-14-10-17(20(26)27)22(12-14)18(24)11-21-19(25)13-6-8-16(9-7-13)28-15-4-2-1-3-5-15/h1-9,14,17,23H,10-12H2,(H,21,25)(H,26,27). The number of hydrogen-bond donors (Lipinski definition) is 3. The lowest BCUT2D eigenvalue weighted by Gasteiger charge is -2.21. The molecule has 8 heteroatoms. The van der Waals surface area contributed by atoms with Crippen molar-refractivity contribution >= 4 is 17.8 Å². The minimum absolute atomic E-state index is 0.0160. The van der Waals surface area contributed by atoms with Crippen molar-refractivity contribution < 1.29 is 29.3 Å². The minimum Gasteiger partial charge on any atom is -0.480 e. The second-order valence-corrected chi connectivity index (χ2v) is 6.41. The lowest BCUT2D eigenvalue weighted by atomic mass is 10.2. The SMILES string of the molecule is O=C(NCC(=O)N1CC(O)CC1C(=O)O)c1ccc(Oc2ccccc2)cc1. The smallest absolute Gasteiger partial charge is 0.326 e. The van der Waals surface area contributed by atoms with Crippen molar-refractivity contribution in [2.24, 2.45) is 0 Å². The van der Waals surface area contributed by atoms with E-state index in [0.717, 1.165) is 4.90 Å². The van der Waals surface area contributed by atoms with E-state index in [-0.39, 0.29) is 19.5 Å². The quantitative estimate of drug-likeness (QED) is 0.690. The van der Waals surface area contributed by atoms with E-state index in [0.29, 0.717) is 17.1 Å². The summed E-state index contributed by atoms with van der Waals surface area (Å²) >= 11 is 0. The van der Waals surface area contributed by atoms with Gasteiger partial charge in [-0.1, -0.05) is 18.2 Å². The number of aliphatic hydroxyl groups excluding tert-OH is 1. The number of nitrogens with zero attached hydrogens (tertiary/aromatic N) is 1. The minimum atomic E-state index is -1.18. The predicted molar refractivity (Wildman–Crippen MR) is 99.1 cm³/mol. The van der Waals surface area contributed by atoms with E-state index in [2.05, 4.69) is 5.32 Å². The number of β-amino-alcohol motifs (C(OH)–C–C–N with tert-alkyl or cyclic N) is 1. The first-order valence-corrected chi connectivity index (χ1v) is 8.75. The molecular weight excluding hydrogens is 364 g/mol. The molecule has 1 saturated heterocycles. The van der Waals surface area contributed by atoms with Crippen LogP contribution in [0.2, 0.25) is 0 Å². The summed E-state index contributed by atoms with van der Waals surface area (Å²) < 4.78 is 5.65. The summed E-state index contributed by atoms with van der Waals surface area (Å²) in [4.78, 5) is 36.7. The largest absolute Gasteiger partial charge is 0.480 e. The van der Waals surface area contributed by atoms with E-state index in [1.165, 1.54) is 0 Å². The molecule has 0 bridgehead atoms. The summed E-state index contributed by atoms with van der Waals surface area (Å²) in [7, 11) is 0. The molecule has 1 aliphatic heterocycles. The molecule has 3 rings (SSSR count). The number of carbonyl (C=O) groups excluding carboxylic acids is 2. The third-order valence-electron chi connectivity index (χ3n) is 4.38. The van der Waals surface area contributed by atoms with Crippen LogP contribution in [0.1, 0.15) is 16.8 Å². The molecule has 0 radical (unpaired) electrons. The maximum Gasteiger partial charge on any atom is 0.326 e. The van der Waals surface area contributed by atoms with Crippen LogP contribution in [0.3, 0.4) is 0 Å². The van der Waals surface area contributed by atoms with Crippen LogP contribution in [-0.2, 0) is 9.59 Å². The van der Waals surface area contributed by atoms with Gasteiger partial charge in [-0.2, -0.15) is 0 Å². The van der Waals surface area contributed by atoms with Crippen molar-refractivity contribution in [2.45, 2.75) is 18.6 Å². The van der Waals surface area contributed by atoms with Crippen molar-refractivity contribution in [3.63, 3.8) is 0 Å². The van der Waals surface area contributed by atoms with Gasteiger partial charge in [-0.3, -0.25) is 9.59 Å². The molecule has 2 aromatic rings. The van der Waals surface area contributed by atoms with Crippen LogP contribution in [0.15, 0.2) is 54.6 Å². The summed E-state index contributed by atoms with van der Waals surface area (Å²) in [6.07, 6.45) is -0.893. The zero-order chi connectivity index (χ0) is 20.1. The molecule has 0 aromatic heterocycles. The van der Waals surface area contributed by atoms with Gasteiger partial charge in [0.2, 0.25) is 5.91 Å². The van der Waals surface area contributed by atoms with Crippen LogP contribution in [0.4, 0.5) is 0 Å². The van der Waals surface area contributed by atoms with Gasteiger partial charge in [-0.05, 0) is 36.4 Å². The average Bonchev–Trinajstić information content (AvgIpc) is 3.09. The Balaban J connectivity index is 1.54. The molecule has 0 spiro atoms. The van der Waals surface area contributed by atoms with E-state index >= 15 is 0 Å². The molecule has 1 heterocycles. The number of nitrogens with one attached hydrogen (secondary N) is 1. The Bertz CT molecular complexity index is 853. The van der Waals surface area contributed by atoms with Crippen molar-refractivity contribution in [3.05, 3.63) is 60.2 Å². The average molecular weight is 384 g/mol. The highest BCUT2D eigenvalue weighted by Crippen LogP contribution is 2.21. The number of carboxylic acids is 1. The van der Waals surface area contributed by atoms with E-state index in [4.69, 9.17) is 9.84 Å². The van der Waals surface area contributed by atoms with Crippen LogP contribution in [0.5, 0.6) is 11.5 Å². The summed E-state index contributed by atoms with van der Waals surface area (Å²) in [5.74, 6) is -0.960. The van der Waals surface area contributed by atoms with Gasteiger partial charge in [-0.15, -0.1) is 0 Å². The number of rotatable bonds is 6. The molecule has 146 valence electrons. The first-order chi connectivity index (χ1) is 13.4. The maximum absolute atomic E-state index is 12.2. The van der Waals surface area contributed by atoms with Crippen LogP contribution in [0.25, 0.3) is 0 Å². The van der Waals surface area contributed by atoms with Gasteiger partial charge >= 0.3 is 5.97 Å². The summed E-state index contributed by atoms with van der Waals surface area (Å²) in [5.41, 5.74) is 0.337. The highest BCUT2D eigenvalue weighted by molar-refractivity contribution is 5.97. The summed E-state index contributed by atoms with van der Waals surface area (Å²) in [6, 6.07) is 14.5. The Morgan fingerprint density at radius 3 is 2.32 bits per heavy atom. The second-order valence-electron chi connectivity index (χ2n) is 6.41. The number of amides is 2. The molecule has 3 N–H and O–H groups in total. The van der Waals surface area contributed by atoms with Crippen molar-refractivity contribution in [2.75, 3.05) is 13.1 Å². The van der Waals surface area contributed by atoms with E-state index in [9.17, 15) is 19.5 Å². The number of benzene rings is 2. The zero-order valence-electron chi connectivity index (χ0n) is 14.9. The highest BCUT2D eigenvalue weighted by atomic mass is 16.5. The lowest BCUT2D eigenvalue weighted by Crippen LogP contribution is -2.45. The van der Waals surface area contributed by atoms with Crippen molar-refractivity contribution in [3.8, 4) is 11.5 Å². The Morgan fingerprint density at radius 1 is 1.04 bits per heavy atom. The van der Waals surface area contributed by atoms with Crippen molar-refractivity contribution in [1.29, 1.82) is 0 Å². The number of ether oxygens (including phenoxy) is 1. The molecule has 2 amide bonds. The van der Waals surface area contributed by atoms with Gasteiger partial charge in [0.15, 0.2) is 0 Å². The fraction of sp³-hybridized carbons (Fsp3) is 0.250. The Labute approximate surface area is 161 Å². The molecule has 1 aliphatic rings. The number of carbonyl (C=O) groups is 3. The molecule has 2 atom stereocenters. The molecule has 1 fully saturated rings. The fourth-order valence-electron chi connectivity index (χ4n) is 2.98. The van der Waals surface area contributed by atoms with Gasteiger partial charge in [0.1, 0.15) is 17.5 Å². The van der Waals surface area contributed by atoms with Gasteiger partial charge in [0.25, 0.3) is 5.91 Å². The topological polar surface area (TPSA) is 116 Å². The Hall–Kier alpha value is -3.39. The highest BCUT2D eigenvalue weighted by Gasteiger charge is 2.38. The number of hydrogen-bond acceptors (Lipinski definition) is 5. The van der Waals surface area contributed by atoms with Gasteiger partial charge in [-0.25, -0.2) is 4.79 Å². The summed E-state index contributed by atoms with van der Waals surface area (Å²) in [5, 5.41) is 21.2. The van der Waals surface area contributed by atoms with Crippen LogP contribution < -0.4 is 10.1 Å². The summed E-state index contributed by atoms with van der Waals surface area (Å²) in [6.45, 7) is -0.408. The van der Waals surface area contributed by atoms with Gasteiger partial charge in [0.05, 0.1) is 12.6 Å². The normalized spacial score (nSPS) is 18.5. The molecule has 2 unspecified atom stereocenters. The molecule has 0 saturated carbocycles. The number of carboxylic acid groups (broad SMARTS) is 1. The molecule has 0 aliphatic carbocycles. The monoisotopic (exact) mass is 384 g/mol. The Kier molecular flexibility index (Phi) is 5.90. The second kappa shape index (κ2) is 8.53. The van der Waals surface area contributed by atoms with Crippen molar-refractivity contribution in [1.82, 2.24) is 10.2 Å². The molecule has 8 nitrogen and oxygen atoms in total. The van der Waals surface area contributed by atoms with E-state index in [1.807, 2.05) is 30.3 Å². The number of aliphatic carboxylic acids is 1. The predicted octanol–water partition coefficient (Wildman–Crippen LogP) is 1.26. The van der Waals surface area contributed by atoms with Gasteiger partial charge in [0, 0.05) is 18.5 Å². The molecular formula is C20H20N2O6. The third kappa shape index (κ3) is 4.66. The number of aliphatic hydroxyl groups is 1. The third-order valence-corrected chi connectivity index (χ3v) is 4.38. The van der Waals surface area contributed by atoms with Crippen LogP contribution >= 0.6 is 0 Å². The molecule has 2 aromatic carbocycles. The van der Waals surface area contributed by atoms with Crippen LogP contribution in [0, 0.1) is 0 Å². The first kappa shape index (κ1) is 19.4. The van der Waals surface area contributed by atoms with Crippen LogP contribution in [-0.4, -0.2) is 58.1 Å². The van der Waals surface area contributed by atoms with Gasteiger partial charge < -0.3 is 25.2 Å². The zero-order valence-corrected chi connectivity index (χ0v) is 14.9. The lowest BCUT2D eigenvalue weighted by molar-refractivity contribution is -0.147. The fourth-order valence-corrected chi connectivity index (χ4v) is 2.98.